The standard InChI is InChI=1S/C10H8BrCl2N3/c1-16-8(9(11)15-10(16)14)5-2-3-6(12)7(13)4-5/h2-4H,1H3,(H2,14,15). The molecule has 1 heterocycles. The van der Waals surface area contributed by atoms with Crippen molar-refractivity contribution in [1.82, 2.24) is 9.55 Å². The van der Waals surface area contributed by atoms with Crippen LogP contribution in [-0.4, -0.2) is 9.55 Å². The average molecular weight is 321 g/mol. The Morgan fingerprint density at radius 2 is 2.00 bits per heavy atom. The summed E-state index contributed by atoms with van der Waals surface area (Å²) in [5.41, 5.74) is 7.49. The third-order valence-electron chi connectivity index (χ3n) is 2.28. The average Bonchev–Trinajstić information content (AvgIpc) is 2.47. The van der Waals surface area contributed by atoms with Gasteiger partial charge in [-0.05, 0) is 28.1 Å². The van der Waals surface area contributed by atoms with E-state index in [0.717, 1.165) is 11.3 Å². The first-order chi connectivity index (χ1) is 7.50. The Labute approximate surface area is 111 Å². The molecule has 16 heavy (non-hydrogen) atoms. The Morgan fingerprint density at radius 1 is 1.31 bits per heavy atom. The highest BCUT2D eigenvalue weighted by Gasteiger charge is 2.13. The van der Waals surface area contributed by atoms with Crippen LogP contribution in [0.3, 0.4) is 0 Å². The zero-order valence-corrected chi connectivity index (χ0v) is 11.4. The lowest BCUT2D eigenvalue weighted by atomic mass is 10.2. The first kappa shape index (κ1) is 11.8. The third kappa shape index (κ3) is 1.93. The molecule has 2 aromatic rings. The number of nitrogens with two attached hydrogens (primary N) is 1. The Kier molecular flexibility index (Phi) is 3.15. The molecule has 0 amide bonds. The summed E-state index contributed by atoms with van der Waals surface area (Å²) in [5.74, 6) is 0.438. The summed E-state index contributed by atoms with van der Waals surface area (Å²) < 4.78 is 2.47. The monoisotopic (exact) mass is 319 g/mol. The second-order valence-corrected chi connectivity index (χ2v) is 4.86. The molecular formula is C10H8BrCl2N3. The quantitative estimate of drug-likeness (QED) is 0.870. The van der Waals surface area contributed by atoms with Crippen LogP contribution in [-0.2, 0) is 7.05 Å². The van der Waals surface area contributed by atoms with Gasteiger partial charge < -0.3 is 10.3 Å². The highest BCUT2D eigenvalue weighted by Crippen LogP contribution is 2.33. The van der Waals surface area contributed by atoms with Crippen molar-refractivity contribution in [2.75, 3.05) is 5.73 Å². The van der Waals surface area contributed by atoms with Crippen molar-refractivity contribution in [3.63, 3.8) is 0 Å². The van der Waals surface area contributed by atoms with Crippen molar-refractivity contribution in [2.45, 2.75) is 0 Å². The lowest BCUT2D eigenvalue weighted by molar-refractivity contribution is 0.938. The molecule has 0 atom stereocenters. The van der Waals surface area contributed by atoms with Crippen LogP contribution in [0.5, 0.6) is 0 Å². The molecule has 2 rings (SSSR count). The molecule has 0 bridgehead atoms. The molecule has 84 valence electrons. The maximum Gasteiger partial charge on any atom is 0.201 e. The van der Waals surface area contributed by atoms with E-state index in [2.05, 4.69) is 20.9 Å². The maximum absolute atomic E-state index is 5.97. The van der Waals surface area contributed by atoms with E-state index in [0.29, 0.717) is 20.6 Å². The molecule has 0 saturated carbocycles. The van der Waals surface area contributed by atoms with Crippen molar-refractivity contribution >= 4 is 45.1 Å². The normalized spacial score (nSPS) is 10.8. The van der Waals surface area contributed by atoms with Crippen molar-refractivity contribution < 1.29 is 0 Å². The minimum atomic E-state index is 0.438. The summed E-state index contributed by atoms with van der Waals surface area (Å²) in [6.45, 7) is 0. The fraction of sp³-hybridized carbons (Fsp3) is 0.100. The van der Waals surface area contributed by atoms with Crippen LogP contribution in [0.4, 0.5) is 5.95 Å². The predicted octanol–water partition coefficient (Wildman–Crippen LogP) is 3.74. The zero-order chi connectivity index (χ0) is 11.9. The number of aromatic nitrogens is 2. The molecule has 3 nitrogen and oxygen atoms in total. The minimum absolute atomic E-state index is 0.438. The van der Waals surface area contributed by atoms with Gasteiger partial charge in [0.15, 0.2) is 0 Å². The van der Waals surface area contributed by atoms with E-state index in [1.165, 1.54) is 0 Å². The van der Waals surface area contributed by atoms with Gasteiger partial charge in [0.25, 0.3) is 0 Å². The second kappa shape index (κ2) is 4.28. The topological polar surface area (TPSA) is 43.8 Å². The van der Waals surface area contributed by atoms with E-state index in [4.69, 9.17) is 28.9 Å². The summed E-state index contributed by atoms with van der Waals surface area (Å²) in [6.07, 6.45) is 0. The van der Waals surface area contributed by atoms with Crippen molar-refractivity contribution in [2.24, 2.45) is 7.05 Å². The number of nitrogens with zero attached hydrogens (tertiary/aromatic N) is 2. The molecule has 0 aliphatic rings. The molecule has 1 aromatic heterocycles. The van der Waals surface area contributed by atoms with Gasteiger partial charge in [-0.1, -0.05) is 29.3 Å². The number of hydrogen-bond donors (Lipinski definition) is 1. The summed E-state index contributed by atoms with van der Waals surface area (Å²) >= 11 is 15.2. The number of benzene rings is 1. The summed E-state index contributed by atoms with van der Waals surface area (Å²) in [5, 5.41) is 1.03. The highest BCUT2D eigenvalue weighted by molar-refractivity contribution is 9.10. The Bertz CT molecular complexity index is 551. The SMILES string of the molecule is Cn1c(N)nc(Br)c1-c1ccc(Cl)c(Cl)c1. The molecule has 2 N–H and O–H groups in total. The Balaban J connectivity index is 2.63. The van der Waals surface area contributed by atoms with Crippen molar-refractivity contribution in [1.29, 1.82) is 0 Å². The van der Waals surface area contributed by atoms with Crippen LogP contribution in [0.2, 0.25) is 10.0 Å². The predicted molar refractivity (Wildman–Crippen MR) is 70.8 cm³/mol. The molecule has 0 radical (unpaired) electrons. The van der Waals surface area contributed by atoms with Gasteiger partial charge in [0.2, 0.25) is 5.95 Å². The molecule has 0 aliphatic carbocycles. The summed E-state index contributed by atoms with van der Waals surface area (Å²) in [6, 6.07) is 5.40. The van der Waals surface area contributed by atoms with Gasteiger partial charge in [0.1, 0.15) is 4.60 Å². The third-order valence-corrected chi connectivity index (χ3v) is 3.57. The zero-order valence-electron chi connectivity index (χ0n) is 8.34. The highest BCUT2D eigenvalue weighted by atomic mass is 79.9. The van der Waals surface area contributed by atoms with Crippen LogP contribution in [0.25, 0.3) is 11.3 Å². The Morgan fingerprint density at radius 3 is 2.50 bits per heavy atom. The number of halogens is 3. The van der Waals surface area contributed by atoms with Gasteiger partial charge in [0, 0.05) is 12.6 Å². The van der Waals surface area contributed by atoms with E-state index in [1.807, 2.05) is 13.1 Å². The number of nitrogen functional groups attached to an aromatic ring is 1. The van der Waals surface area contributed by atoms with Gasteiger partial charge in [-0.25, -0.2) is 4.98 Å². The number of hydrogen-bond acceptors (Lipinski definition) is 2. The van der Waals surface area contributed by atoms with Crippen molar-refractivity contribution in [3.8, 4) is 11.3 Å². The van der Waals surface area contributed by atoms with Crippen LogP contribution in [0, 0.1) is 0 Å². The molecular weight excluding hydrogens is 313 g/mol. The van der Waals surface area contributed by atoms with Crippen LogP contribution in [0.15, 0.2) is 22.8 Å². The van der Waals surface area contributed by atoms with E-state index in [9.17, 15) is 0 Å². The molecule has 1 aromatic carbocycles. The fourth-order valence-electron chi connectivity index (χ4n) is 1.44. The van der Waals surface area contributed by atoms with Gasteiger partial charge in [-0.2, -0.15) is 0 Å². The number of rotatable bonds is 1. The summed E-state index contributed by atoms with van der Waals surface area (Å²) in [7, 11) is 1.84. The largest absolute Gasteiger partial charge is 0.369 e. The number of anilines is 1. The van der Waals surface area contributed by atoms with Gasteiger partial charge in [-0.3, -0.25) is 0 Å². The van der Waals surface area contributed by atoms with Crippen LogP contribution >= 0.6 is 39.1 Å². The fourth-order valence-corrected chi connectivity index (χ4v) is 2.41. The van der Waals surface area contributed by atoms with Gasteiger partial charge in [-0.15, -0.1) is 0 Å². The molecule has 0 saturated heterocycles. The summed E-state index contributed by atoms with van der Waals surface area (Å²) in [4.78, 5) is 4.12. The van der Waals surface area contributed by atoms with Gasteiger partial charge >= 0.3 is 0 Å². The smallest absolute Gasteiger partial charge is 0.201 e. The minimum Gasteiger partial charge on any atom is -0.369 e. The number of imidazole rings is 1. The molecule has 6 heteroatoms. The maximum atomic E-state index is 5.97. The first-order valence-corrected chi connectivity index (χ1v) is 5.98. The van der Waals surface area contributed by atoms with Crippen molar-refractivity contribution in [3.05, 3.63) is 32.8 Å². The van der Waals surface area contributed by atoms with Crippen LogP contribution in [0.1, 0.15) is 0 Å². The van der Waals surface area contributed by atoms with Crippen LogP contribution < -0.4 is 5.73 Å². The lowest BCUT2D eigenvalue weighted by Gasteiger charge is -2.05. The molecule has 0 fully saturated rings. The second-order valence-electron chi connectivity index (χ2n) is 3.30. The van der Waals surface area contributed by atoms with E-state index >= 15 is 0 Å². The molecule has 0 aliphatic heterocycles. The van der Waals surface area contributed by atoms with E-state index in [-0.39, 0.29) is 0 Å². The van der Waals surface area contributed by atoms with E-state index < -0.39 is 0 Å². The lowest BCUT2D eigenvalue weighted by Crippen LogP contribution is -1.98. The van der Waals surface area contributed by atoms with Gasteiger partial charge in [0.05, 0.1) is 15.7 Å². The molecule has 0 unspecified atom stereocenters. The van der Waals surface area contributed by atoms with E-state index in [1.54, 1.807) is 16.7 Å². The first-order valence-electron chi connectivity index (χ1n) is 4.44. The Hall–Kier alpha value is -0.710. The molecule has 0 spiro atoms.